The quantitative estimate of drug-likeness (QED) is 0.499. The smallest absolute Gasteiger partial charge is 0.345 e. The van der Waals surface area contributed by atoms with E-state index in [9.17, 15) is 22.0 Å². The number of nitrogens with one attached hydrogen (secondary N) is 1. The van der Waals surface area contributed by atoms with Crippen LogP contribution in [0.2, 0.25) is 0 Å². The molecule has 1 aromatic heterocycles. The fourth-order valence-electron chi connectivity index (χ4n) is 0.725. The zero-order valence-electron chi connectivity index (χ0n) is 6.74. The summed E-state index contributed by atoms with van der Waals surface area (Å²) in [5, 5.41) is -0.382. The van der Waals surface area contributed by atoms with E-state index < -0.39 is 22.0 Å². The van der Waals surface area contributed by atoms with Gasteiger partial charge in [0.2, 0.25) is 0 Å². The summed E-state index contributed by atoms with van der Waals surface area (Å²) in [7, 11) is 0. The number of thioether (sulfide) groups is 2. The first-order valence-electron chi connectivity index (χ1n) is 3.36. The molecule has 0 spiro atoms. The van der Waals surface area contributed by atoms with E-state index in [-0.39, 0.29) is 21.8 Å². The minimum Gasteiger partial charge on any atom is -0.345 e. The molecule has 1 heterocycles. The van der Waals surface area contributed by atoms with Crippen LogP contribution in [0.4, 0.5) is 22.0 Å². The maximum atomic E-state index is 12.2. The lowest BCUT2D eigenvalue weighted by Crippen LogP contribution is -1.99. The highest BCUT2D eigenvalue weighted by Gasteiger charge is 2.31. The Balaban J connectivity index is 2.65. The Bertz CT molecular complexity index is 300. The number of aromatic amines is 1. The Kier molecular flexibility index (Phi) is 3.83. The minimum atomic E-state index is -4.45. The molecule has 0 amide bonds. The normalized spacial score (nSPS) is 13.2. The maximum absolute atomic E-state index is 12.2. The standard InChI is InChI=1S/C6H3ClF5NS2/c7-5(8,9)14-3-1-2-4(13-3)15-6(10,11)12/h1-2,13H. The molecule has 0 saturated carbocycles. The van der Waals surface area contributed by atoms with Crippen LogP contribution < -0.4 is 0 Å². The van der Waals surface area contributed by atoms with Crippen molar-refractivity contribution in [2.24, 2.45) is 0 Å². The van der Waals surface area contributed by atoms with E-state index in [2.05, 4.69) is 16.6 Å². The molecule has 1 rings (SSSR count). The van der Waals surface area contributed by atoms with Crippen LogP contribution in [0.3, 0.4) is 0 Å². The number of aromatic nitrogens is 1. The van der Waals surface area contributed by atoms with Crippen molar-refractivity contribution in [2.75, 3.05) is 0 Å². The van der Waals surface area contributed by atoms with Gasteiger partial charge in [-0.25, -0.2) is 0 Å². The summed E-state index contributed by atoms with van der Waals surface area (Å²) < 4.78 is 56.5. The molecule has 1 nitrogen and oxygen atoms in total. The average Bonchev–Trinajstić information content (AvgIpc) is 2.28. The Hall–Kier alpha value is -0.0800. The molecule has 0 aliphatic rings. The number of H-pyrrole nitrogens is 1. The third-order valence-electron chi connectivity index (χ3n) is 1.08. The molecule has 9 heteroatoms. The molecule has 0 bridgehead atoms. The minimum absolute atomic E-state index is 0.0566. The van der Waals surface area contributed by atoms with Gasteiger partial charge in [-0.05, 0) is 35.5 Å². The Morgan fingerprint density at radius 2 is 1.47 bits per heavy atom. The molecule has 0 radical (unpaired) electrons. The van der Waals surface area contributed by atoms with Crippen molar-refractivity contribution in [3.05, 3.63) is 12.1 Å². The third-order valence-corrected chi connectivity index (χ3v) is 2.69. The van der Waals surface area contributed by atoms with E-state index in [1.54, 1.807) is 0 Å². The van der Waals surface area contributed by atoms with E-state index in [0.29, 0.717) is 0 Å². The van der Waals surface area contributed by atoms with E-state index in [1.165, 1.54) is 0 Å². The molecule has 0 saturated heterocycles. The fraction of sp³-hybridized carbons (Fsp3) is 0.333. The van der Waals surface area contributed by atoms with E-state index in [1.807, 2.05) is 0 Å². The molecule has 1 aromatic rings. The molecular formula is C6H3ClF5NS2. The van der Waals surface area contributed by atoms with Crippen molar-refractivity contribution in [1.29, 1.82) is 0 Å². The summed E-state index contributed by atoms with van der Waals surface area (Å²) in [6, 6.07) is 2.16. The SMILES string of the molecule is FC(F)(F)Sc1ccc(SC(F)(F)Cl)[nH]1. The molecule has 0 aliphatic heterocycles. The summed E-state index contributed by atoms with van der Waals surface area (Å²) in [4.78, 5) is 2.17. The summed E-state index contributed by atoms with van der Waals surface area (Å²) in [5.74, 6) is 0. The van der Waals surface area contributed by atoms with Crippen molar-refractivity contribution in [3.63, 3.8) is 0 Å². The van der Waals surface area contributed by atoms with E-state index in [4.69, 9.17) is 0 Å². The van der Waals surface area contributed by atoms with Crippen molar-refractivity contribution in [1.82, 2.24) is 4.98 Å². The number of rotatable bonds is 3. The first kappa shape index (κ1) is 13.0. The Labute approximate surface area is 94.7 Å². The van der Waals surface area contributed by atoms with Crippen molar-refractivity contribution < 1.29 is 22.0 Å². The highest BCUT2D eigenvalue weighted by atomic mass is 35.5. The molecule has 0 aromatic carbocycles. The highest BCUT2D eigenvalue weighted by Crippen LogP contribution is 2.41. The zero-order valence-corrected chi connectivity index (χ0v) is 9.13. The third kappa shape index (κ3) is 5.53. The zero-order chi connectivity index (χ0) is 11.7. The maximum Gasteiger partial charge on any atom is 0.447 e. The predicted octanol–water partition coefficient (Wildman–Crippen LogP) is 4.51. The molecule has 0 fully saturated rings. The fourth-order valence-corrected chi connectivity index (χ4v) is 2.13. The van der Waals surface area contributed by atoms with Gasteiger partial charge in [-0.15, -0.1) is 0 Å². The van der Waals surface area contributed by atoms with Crippen LogP contribution in [-0.2, 0) is 0 Å². The summed E-state index contributed by atoms with van der Waals surface area (Å²) in [6.45, 7) is 0. The number of alkyl halides is 6. The highest BCUT2D eigenvalue weighted by molar-refractivity contribution is 8.01. The summed E-state index contributed by atoms with van der Waals surface area (Å²) in [5.41, 5.74) is -4.45. The lowest BCUT2D eigenvalue weighted by molar-refractivity contribution is -0.0329. The van der Waals surface area contributed by atoms with Crippen LogP contribution in [0.1, 0.15) is 0 Å². The van der Waals surface area contributed by atoms with Crippen LogP contribution in [0.5, 0.6) is 0 Å². The molecule has 1 N–H and O–H groups in total. The first-order valence-corrected chi connectivity index (χ1v) is 5.37. The van der Waals surface area contributed by atoms with Crippen molar-refractivity contribution >= 4 is 35.1 Å². The molecule has 0 aliphatic carbocycles. The summed E-state index contributed by atoms with van der Waals surface area (Å²) >= 11 is 4.12. The van der Waals surface area contributed by atoms with Gasteiger partial charge in [-0.1, -0.05) is 0 Å². The predicted molar refractivity (Wildman–Crippen MR) is 49.4 cm³/mol. The Morgan fingerprint density at radius 1 is 1.00 bits per heavy atom. The average molecular weight is 284 g/mol. The van der Waals surface area contributed by atoms with Gasteiger partial charge >= 0.3 is 10.2 Å². The van der Waals surface area contributed by atoms with Crippen LogP contribution in [0, 0.1) is 0 Å². The van der Waals surface area contributed by atoms with Gasteiger partial charge in [0.25, 0.3) is 0 Å². The van der Waals surface area contributed by atoms with Crippen molar-refractivity contribution in [2.45, 2.75) is 20.3 Å². The van der Waals surface area contributed by atoms with Gasteiger partial charge in [0.15, 0.2) is 0 Å². The molecule has 15 heavy (non-hydrogen) atoms. The van der Waals surface area contributed by atoms with E-state index >= 15 is 0 Å². The van der Waals surface area contributed by atoms with Crippen molar-refractivity contribution in [3.8, 4) is 0 Å². The Morgan fingerprint density at radius 3 is 1.87 bits per heavy atom. The molecule has 86 valence electrons. The lowest BCUT2D eigenvalue weighted by atomic mass is 10.7. The number of hydrogen-bond acceptors (Lipinski definition) is 2. The van der Waals surface area contributed by atoms with Crippen LogP contribution in [0.25, 0.3) is 0 Å². The van der Waals surface area contributed by atoms with Gasteiger partial charge in [0.05, 0.1) is 10.1 Å². The topological polar surface area (TPSA) is 15.8 Å². The van der Waals surface area contributed by atoms with Gasteiger partial charge < -0.3 is 4.98 Å². The lowest BCUT2D eigenvalue weighted by Gasteiger charge is -2.05. The van der Waals surface area contributed by atoms with Gasteiger partial charge in [-0.3, -0.25) is 0 Å². The van der Waals surface area contributed by atoms with Gasteiger partial charge in [0, 0.05) is 11.8 Å². The number of halogens is 6. The number of hydrogen-bond donors (Lipinski definition) is 1. The second-order valence-corrected chi connectivity index (χ2v) is 5.24. The van der Waals surface area contributed by atoms with Gasteiger partial charge in [-0.2, -0.15) is 22.0 Å². The van der Waals surface area contributed by atoms with E-state index in [0.717, 1.165) is 12.1 Å². The van der Waals surface area contributed by atoms with Crippen LogP contribution in [-0.4, -0.2) is 15.2 Å². The van der Waals surface area contributed by atoms with Gasteiger partial charge in [0.1, 0.15) is 0 Å². The summed E-state index contributed by atoms with van der Waals surface area (Å²) in [6.07, 6.45) is 0. The van der Waals surface area contributed by atoms with Crippen LogP contribution >= 0.6 is 35.1 Å². The monoisotopic (exact) mass is 283 g/mol. The first-order chi connectivity index (χ1) is 6.66. The second kappa shape index (κ2) is 4.42. The second-order valence-electron chi connectivity index (χ2n) is 2.28. The van der Waals surface area contributed by atoms with Crippen LogP contribution in [0.15, 0.2) is 22.2 Å². The largest absolute Gasteiger partial charge is 0.447 e. The molecule has 0 unspecified atom stereocenters. The molecular weight excluding hydrogens is 281 g/mol. The molecule has 0 atom stereocenters.